The number of rotatable bonds is 1. The highest BCUT2D eigenvalue weighted by molar-refractivity contribution is 7.95. The standard InChI is InChI=1S/C5H8O3S/c1-3-2-4(9-7)5(6)8-3/h3-4,7H,2H2,1H3. The molecule has 4 heteroatoms. The summed E-state index contributed by atoms with van der Waals surface area (Å²) in [7, 11) is 0. The second-order valence-electron chi connectivity index (χ2n) is 2.08. The predicted molar refractivity (Wildman–Crippen MR) is 34.2 cm³/mol. The smallest absolute Gasteiger partial charge is 0.321 e. The van der Waals surface area contributed by atoms with E-state index >= 15 is 0 Å². The molecular formula is C5H8O3S. The molecule has 0 saturated carbocycles. The van der Waals surface area contributed by atoms with Crippen LogP contribution in [0.15, 0.2) is 0 Å². The molecule has 3 nitrogen and oxygen atoms in total. The Balaban J connectivity index is 2.48. The summed E-state index contributed by atoms with van der Waals surface area (Å²) in [5, 5.41) is -0.347. The van der Waals surface area contributed by atoms with Crippen molar-refractivity contribution >= 4 is 18.0 Å². The molecule has 0 aliphatic carbocycles. The van der Waals surface area contributed by atoms with E-state index in [1.165, 1.54) is 0 Å². The lowest BCUT2D eigenvalue weighted by atomic mass is 10.3. The molecule has 1 aliphatic rings. The maximum absolute atomic E-state index is 10.6. The van der Waals surface area contributed by atoms with E-state index in [9.17, 15) is 4.79 Å². The summed E-state index contributed by atoms with van der Waals surface area (Å²) in [5.41, 5.74) is 0. The molecule has 0 aromatic heterocycles. The van der Waals surface area contributed by atoms with Gasteiger partial charge in [0.15, 0.2) is 0 Å². The highest BCUT2D eigenvalue weighted by Gasteiger charge is 2.31. The minimum absolute atomic E-state index is 0.0258. The summed E-state index contributed by atoms with van der Waals surface area (Å²) >= 11 is 0.570. The number of carbonyl (C=O) groups excluding carboxylic acids is 1. The molecule has 0 radical (unpaired) electrons. The zero-order valence-corrected chi connectivity index (χ0v) is 5.85. The van der Waals surface area contributed by atoms with Crippen LogP contribution >= 0.6 is 12.0 Å². The van der Waals surface area contributed by atoms with E-state index in [2.05, 4.69) is 0 Å². The molecule has 9 heavy (non-hydrogen) atoms. The Labute approximate surface area is 57.6 Å². The van der Waals surface area contributed by atoms with Crippen molar-refractivity contribution in [3.63, 3.8) is 0 Å². The third-order valence-electron chi connectivity index (χ3n) is 1.25. The van der Waals surface area contributed by atoms with Gasteiger partial charge in [0.1, 0.15) is 11.4 Å². The Kier molecular flexibility index (Phi) is 1.97. The topological polar surface area (TPSA) is 46.5 Å². The van der Waals surface area contributed by atoms with Crippen molar-refractivity contribution < 1.29 is 14.1 Å². The van der Waals surface area contributed by atoms with Gasteiger partial charge >= 0.3 is 5.97 Å². The first-order chi connectivity index (χ1) is 4.24. The molecule has 1 heterocycles. The van der Waals surface area contributed by atoms with Crippen LogP contribution in [-0.4, -0.2) is 21.9 Å². The Morgan fingerprint density at radius 2 is 2.56 bits per heavy atom. The van der Waals surface area contributed by atoms with Crippen molar-refractivity contribution in [2.45, 2.75) is 24.7 Å². The predicted octanol–water partition coefficient (Wildman–Crippen LogP) is 0.897. The van der Waals surface area contributed by atoms with Crippen LogP contribution < -0.4 is 0 Å². The van der Waals surface area contributed by atoms with Crippen LogP contribution in [0.1, 0.15) is 13.3 Å². The van der Waals surface area contributed by atoms with Gasteiger partial charge in [0.05, 0.1) is 0 Å². The molecular weight excluding hydrogens is 140 g/mol. The van der Waals surface area contributed by atoms with Gasteiger partial charge in [-0.3, -0.25) is 4.79 Å². The van der Waals surface area contributed by atoms with E-state index in [1.54, 1.807) is 0 Å². The van der Waals surface area contributed by atoms with Gasteiger partial charge in [0.2, 0.25) is 0 Å². The molecule has 2 unspecified atom stereocenters. The van der Waals surface area contributed by atoms with Crippen LogP contribution in [-0.2, 0) is 9.53 Å². The van der Waals surface area contributed by atoms with Gasteiger partial charge in [-0.2, -0.15) is 0 Å². The highest BCUT2D eigenvalue weighted by Crippen LogP contribution is 2.23. The van der Waals surface area contributed by atoms with E-state index in [0.717, 1.165) is 0 Å². The first-order valence-electron chi connectivity index (χ1n) is 2.74. The fourth-order valence-corrected chi connectivity index (χ4v) is 1.30. The Hall–Kier alpha value is -0.220. The van der Waals surface area contributed by atoms with Crippen molar-refractivity contribution in [1.82, 2.24) is 0 Å². The lowest BCUT2D eigenvalue weighted by molar-refractivity contribution is -0.140. The molecule has 0 aromatic rings. The van der Waals surface area contributed by atoms with Gasteiger partial charge < -0.3 is 9.29 Å². The maximum Gasteiger partial charge on any atom is 0.321 e. The lowest BCUT2D eigenvalue weighted by Gasteiger charge is -1.95. The summed E-state index contributed by atoms with van der Waals surface area (Å²) in [6.07, 6.45) is 0.599. The normalized spacial score (nSPS) is 34.7. The van der Waals surface area contributed by atoms with Gasteiger partial charge in [0, 0.05) is 18.5 Å². The molecule has 1 aliphatic heterocycles. The molecule has 1 fully saturated rings. The first kappa shape index (κ1) is 6.89. The second kappa shape index (κ2) is 2.58. The third kappa shape index (κ3) is 1.37. The first-order valence-corrected chi connectivity index (χ1v) is 3.58. The van der Waals surface area contributed by atoms with Crippen LogP contribution in [0, 0.1) is 0 Å². The van der Waals surface area contributed by atoms with E-state index in [4.69, 9.17) is 9.29 Å². The number of hydrogen-bond donors (Lipinski definition) is 1. The van der Waals surface area contributed by atoms with E-state index in [-0.39, 0.29) is 17.3 Å². The number of ether oxygens (including phenoxy) is 1. The zero-order chi connectivity index (χ0) is 6.85. The van der Waals surface area contributed by atoms with Gasteiger partial charge in [-0.1, -0.05) is 0 Å². The van der Waals surface area contributed by atoms with Crippen LogP contribution in [0.3, 0.4) is 0 Å². The van der Waals surface area contributed by atoms with Crippen molar-refractivity contribution in [3.8, 4) is 0 Å². The monoisotopic (exact) mass is 148 g/mol. The quantitative estimate of drug-likeness (QED) is 0.443. The van der Waals surface area contributed by atoms with E-state index in [1.807, 2.05) is 6.92 Å². The van der Waals surface area contributed by atoms with E-state index < -0.39 is 0 Å². The van der Waals surface area contributed by atoms with Crippen molar-refractivity contribution in [2.75, 3.05) is 0 Å². The van der Waals surface area contributed by atoms with Crippen molar-refractivity contribution in [1.29, 1.82) is 0 Å². The summed E-state index contributed by atoms with van der Waals surface area (Å²) in [5.74, 6) is -0.296. The lowest BCUT2D eigenvalue weighted by Crippen LogP contribution is -2.08. The summed E-state index contributed by atoms with van der Waals surface area (Å²) < 4.78 is 13.2. The van der Waals surface area contributed by atoms with Crippen molar-refractivity contribution in [2.24, 2.45) is 0 Å². The Morgan fingerprint density at radius 3 is 2.78 bits per heavy atom. The Morgan fingerprint density at radius 1 is 1.89 bits per heavy atom. The van der Waals surface area contributed by atoms with Crippen LogP contribution in [0.2, 0.25) is 0 Å². The van der Waals surface area contributed by atoms with Gasteiger partial charge in [-0.05, 0) is 6.92 Å². The molecule has 0 amide bonds. The van der Waals surface area contributed by atoms with Crippen molar-refractivity contribution in [3.05, 3.63) is 0 Å². The number of carbonyl (C=O) groups is 1. The average Bonchev–Trinajstić information content (AvgIpc) is 2.10. The molecule has 0 spiro atoms. The molecule has 2 atom stereocenters. The third-order valence-corrected chi connectivity index (χ3v) is 1.89. The molecule has 0 bridgehead atoms. The number of hydrogen-bond acceptors (Lipinski definition) is 4. The summed E-state index contributed by atoms with van der Waals surface area (Å²) in [6.45, 7) is 1.81. The minimum atomic E-state index is -0.347. The summed E-state index contributed by atoms with van der Waals surface area (Å²) in [4.78, 5) is 10.6. The number of esters is 1. The van der Waals surface area contributed by atoms with Gasteiger partial charge in [-0.15, -0.1) is 0 Å². The van der Waals surface area contributed by atoms with Crippen LogP contribution in [0.4, 0.5) is 0 Å². The highest BCUT2D eigenvalue weighted by atomic mass is 32.2. The zero-order valence-electron chi connectivity index (χ0n) is 5.03. The molecule has 0 aromatic carbocycles. The largest absolute Gasteiger partial charge is 0.462 e. The summed E-state index contributed by atoms with van der Waals surface area (Å²) in [6, 6.07) is 0. The molecule has 1 rings (SSSR count). The molecule has 1 saturated heterocycles. The fourth-order valence-electron chi connectivity index (χ4n) is 0.806. The van der Waals surface area contributed by atoms with Crippen LogP contribution in [0.5, 0.6) is 0 Å². The van der Waals surface area contributed by atoms with Gasteiger partial charge in [-0.25, -0.2) is 0 Å². The SMILES string of the molecule is CC1CC(SO)C(=O)O1. The molecule has 52 valence electrons. The number of cyclic esters (lactones) is 1. The van der Waals surface area contributed by atoms with E-state index in [0.29, 0.717) is 18.5 Å². The van der Waals surface area contributed by atoms with Gasteiger partial charge in [0.25, 0.3) is 0 Å². The maximum atomic E-state index is 10.6. The Bertz CT molecular complexity index is 125. The average molecular weight is 148 g/mol. The second-order valence-corrected chi connectivity index (χ2v) is 2.86. The minimum Gasteiger partial charge on any atom is -0.462 e. The van der Waals surface area contributed by atoms with Crippen LogP contribution in [0.25, 0.3) is 0 Å². The molecule has 1 N–H and O–H groups in total. The fraction of sp³-hybridized carbons (Fsp3) is 0.800.